The number of ether oxygens (including phenoxy) is 2. The Balaban J connectivity index is 2.57. The predicted molar refractivity (Wildman–Crippen MR) is 69.9 cm³/mol. The highest BCUT2D eigenvalue weighted by molar-refractivity contribution is 5.81. The van der Waals surface area contributed by atoms with E-state index in [4.69, 9.17) is 14.6 Å². The maximum absolute atomic E-state index is 12.1. The van der Waals surface area contributed by atoms with E-state index in [0.717, 1.165) is 12.8 Å². The molecule has 0 bridgehead atoms. The largest absolute Gasteiger partial charge is 0.481 e. The molecule has 0 aromatic carbocycles. The Morgan fingerprint density at radius 3 is 2.30 bits per heavy atom. The number of hydrogen-bond acceptors (Lipinski definition) is 5. The number of esters is 2. The molecule has 1 N–H and O–H groups in total. The number of carboxylic acid groups (broad SMARTS) is 1. The lowest BCUT2D eigenvalue weighted by Gasteiger charge is -2.28. The first kappa shape index (κ1) is 16.5. The Bertz CT molecular complexity index is 365. The van der Waals surface area contributed by atoms with Gasteiger partial charge in [0, 0.05) is 6.92 Å². The maximum Gasteiger partial charge on any atom is 0.310 e. The van der Waals surface area contributed by atoms with Crippen LogP contribution in [0.15, 0.2) is 0 Å². The molecule has 1 rings (SSSR count). The summed E-state index contributed by atoms with van der Waals surface area (Å²) in [5.41, 5.74) is 0. The SMILES string of the molecule is CCC(COC(C)=O)OC(=O)C1CCCCC1C(=O)O. The van der Waals surface area contributed by atoms with E-state index in [9.17, 15) is 14.4 Å². The molecule has 0 heterocycles. The summed E-state index contributed by atoms with van der Waals surface area (Å²) in [6.45, 7) is 3.12. The smallest absolute Gasteiger partial charge is 0.310 e. The van der Waals surface area contributed by atoms with E-state index >= 15 is 0 Å². The van der Waals surface area contributed by atoms with Crippen molar-refractivity contribution in [2.24, 2.45) is 11.8 Å². The molecule has 1 fully saturated rings. The monoisotopic (exact) mass is 286 g/mol. The van der Waals surface area contributed by atoms with Crippen molar-refractivity contribution in [2.75, 3.05) is 6.61 Å². The van der Waals surface area contributed by atoms with Gasteiger partial charge in [-0.25, -0.2) is 0 Å². The number of hydrogen-bond donors (Lipinski definition) is 1. The third kappa shape index (κ3) is 4.83. The molecule has 3 unspecified atom stereocenters. The van der Waals surface area contributed by atoms with Gasteiger partial charge in [0.15, 0.2) is 0 Å². The van der Waals surface area contributed by atoms with Crippen LogP contribution in [-0.4, -0.2) is 35.7 Å². The molecular weight excluding hydrogens is 264 g/mol. The van der Waals surface area contributed by atoms with Crippen LogP contribution in [0.25, 0.3) is 0 Å². The first-order chi connectivity index (χ1) is 9.45. The molecule has 1 aliphatic carbocycles. The fourth-order valence-electron chi connectivity index (χ4n) is 2.41. The summed E-state index contributed by atoms with van der Waals surface area (Å²) in [5, 5.41) is 9.15. The number of carbonyl (C=O) groups is 3. The normalized spacial score (nSPS) is 23.7. The average Bonchev–Trinajstić information content (AvgIpc) is 2.42. The van der Waals surface area contributed by atoms with Gasteiger partial charge in [-0.1, -0.05) is 19.8 Å². The molecule has 1 aliphatic rings. The van der Waals surface area contributed by atoms with Gasteiger partial charge in [-0.15, -0.1) is 0 Å². The van der Waals surface area contributed by atoms with Crippen molar-refractivity contribution in [1.82, 2.24) is 0 Å². The Kier molecular flexibility index (Phi) is 6.48. The van der Waals surface area contributed by atoms with Gasteiger partial charge in [0.25, 0.3) is 0 Å². The first-order valence-electron chi connectivity index (χ1n) is 7.02. The van der Waals surface area contributed by atoms with Gasteiger partial charge in [-0.05, 0) is 19.3 Å². The molecule has 3 atom stereocenters. The Hall–Kier alpha value is -1.59. The molecule has 0 radical (unpaired) electrons. The van der Waals surface area contributed by atoms with Gasteiger partial charge < -0.3 is 14.6 Å². The van der Waals surface area contributed by atoms with Crippen LogP contribution in [0.1, 0.15) is 46.0 Å². The second kappa shape index (κ2) is 7.87. The van der Waals surface area contributed by atoms with E-state index in [1.807, 2.05) is 6.92 Å². The first-order valence-corrected chi connectivity index (χ1v) is 7.02. The molecule has 6 heteroatoms. The topological polar surface area (TPSA) is 89.9 Å². The van der Waals surface area contributed by atoms with Gasteiger partial charge in [-0.3, -0.25) is 14.4 Å². The van der Waals surface area contributed by atoms with Gasteiger partial charge in [-0.2, -0.15) is 0 Å². The zero-order chi connectivity index (χ0) is 15.1. The van der Waals surface area contributed by atoms with Gasteiger partial charge in [0.05, 0.1) is 11.8 Å². The fraction of sp³-hybridized carbons (Fsp3) is 0.786. The summed E-state index contributed by atoms with van der Waals surface area (Å²) >= 11 is 0. The van der Waals surface area contributed by atoms with Crippen LogP contribution >= 0.6 is 0 Å². The maximum atomic E-state index is 12.1. The van der Waals surface area contributed by atoms with Crippen LogP contribution in [0.3, 0.4) is 0 Å². The van der Waals surface area contributed by atoms with Crippen LogP contribution in [0, 0.1) is 11.8 Å². The van der Waals surface area contributed by atoms with Crippen molar-refractivity contribution in [3.8, 4) is 0 Å². The Morgan fingerprint density at radius 2 is 1.80 bits per heavy atom. The van der Waals surface area contributed by atoms with Crippen molar-refractivity contribution < 1.29 is 29.0 Å². The van der Waals surface area contributed by atoms with Crippen LogP contribution in [0.4, 0.5) is 0 Å². The molecule has 114 valence electrons. The summed E-state index contributed by atoms with van der Waals surface area (Å²) in [6.07, 6.45) is 2.72. The zero-order valence-corrected chi connectivity index (χ0v) is 12.0. The molecule has 0 amide bonds. The van der Waals surface area contributed by atoms with Crippen LogP contribution in [-0.2, 0) is 23.9 Å². The van der Waals surface area contributed by atoms with Crippen molar-refractivity contribution in [1.29, 1.82) is 0 Å². The minimum atomic E-state index is -0.945. The second-order valence-electron chi connectivity index (χ2n) is 5.11. The number of rotatable bonds is 6. The van der Waals surface area contributed by atoms with Crippen molar-refractivity contribution in [3.63, 3.8) is 0 Å². The molecule has 6 nitrogen and oxygen atoms in total. The van der Waals surface area contributed by atoms with E-state index in [-0.39, 0.29) is 6.61 Å². The highest BCUT2D eigenvalue weighted by Crippen LogP contribution is 2.31. The van der Waals surface area contributed by atoms with Gasteiger partial charge in [0.2, 0.25) is 0 Å². The lowest BCUT2D eigenvalue weighted by Crippen LogP contribution is -2.36. The van der Waals surface area contributed by atoms with E-state index in [1.165, 1.54) is 6.92 Å². The summed E-state index contributed by atoms with van der Waals surface area (Å²) in [4.78, 5) is 34.0. The van der Waals surface area contributed by atoms with Crippen molar-refractivity contribution in [2.45, 2.75) is 52.1 Å². The van der Waals surface area contributed by atoms with Gasteiger partial charge >= 0.3 is 17.9 Å². The van der Waals surface area contributed by atoms with E-state index in [2.05, 4.69) is 0 Å². The predicted octanol–water partition coefficient (Wildman–Crippen LogP) is 1.76. The summed E-state index contributed by atoms with van der Waals surface area (Å²) < 4.78 is 10.1. The Morgan fingerprint density at radius 1 is 1.20 bits per heavy atom. The molecule has 20 heavy (non-hydrogen) atoms. The highest BCUT2D eigenvalue weighted by Gasteiger charge is 2.37. The Labute approximate surface area is 118 Å². The average molecular weight is 286 g/mol. The van der Waals surface area contributed by atoms with Crippen molar-refractivity contribution >= 4 is 17.9 Å². The standard InChI is InChI=1S/C14H22O6/c1-3-10(8-19-9(2)15)20-14(18)12-7-5-4-6-11(12)13(16)17/h10-12H,3-8H2,1-2H3,(H,16,17). The summed E-state index contributed by atoms with van der Waals surface area (Å²) in [6, 6.07) is 0. The lowest BCUT2D eigenvalue weighted by atomic mass is 9.79. The lowest BCUT2D eigenvalue weighted by molar-refractivity contribution is -0.168. The third-order valence-electron chi connectivity index (χ3n) is 3.60. The van der Waals surface area contributed by atoms with Crippen molar-refractivity contribution in [3.05, 3.63) is 0 Å². The summed E-state index contributed by atoms with van der Waals surface area (Å²) in [5.74, 6) is -3.12. The molecule has 0 spiro atoms. The van der Waals surface area contributed by atoms with E-state index in [0.29, 0.717) is 19.3 Å². The van der Waals surface area contributed by atoms with Crippen LogP contribution < -0.4 is 0 Å². The number of carboxylic acids is 1. The van der Waals surface area contributed by atoms with E-state index in [1.54, 1.807) is 0 Å². The minimum Gasteiger partial charge on any atom is -0.481 e. The second-order valence-corrected chi connectivity index (χ2v) is 5.11. The van der Waals surface area contributed by atoms with Crippen LogP contribution in [0.5, 0.6) is 0 Å². The molecule has 1 saturated carbocycles. The highest BCUT2D eigenvalue weighted by atomic mass is 16.6. The third-order valence-corrected chi connectivity index (χ3v) is 3.60. The molecule has 0 saturated heterocycles. The van der Waals surface area contributed by atoms with Gasteiger partial charge in [0.1, 0.15) is 12.7 Å². The molecular formula is C14H22O6. The zero-order valence-electron chi connectivity index (χ0n) is 12.0. The fourth-order valence-corrected chi connectivity index (χ4v) is 2.41. The quantitative estimate of drug-likeness (QED) is 0.748. The van der Waals surface area contributed by atoms with Crippen LogP contribution in [0.2, 0.25) is 0 Å². The van der Waals surface area contributed by atoms with E-state index < -0.39 is 35.8 Å². The molecule has 0 aromatic heterocycles. The number of aliphatic carboxylic acids is 1. The number of carbonyl (C=O) groups excluding carboxylic acids is 2. The molecule has 0 aliphatic heterocycles. The molecule has 0 aromatic rings. The minimum absolute atomic E-state index is 0.0159. The summed E-state index contributed by atoms with van der Waals surface area (Å²) in [7, 11) is 0.